The Labute approximate surface area is 61.9 Å². The van der Waals surface area contributed by atoms with Gasteiger partial charge in [-0.2, -0.15) is 0 Å². The van der Waals surface area contributed by atoms with Gasteiger partial charge in [0, 0.05) is 0 Å². The Kier molecular flexibility index (Phi) is 1.10. The van der Waals surface area contributed by atoms with Gasteiger partial charge in [-0.25, -0.2) is 0 Å². The van der Waals surface area contributed by atoms with Crippen LogP contribution in [0.5, 0.6) is 0 Å². The van der Waals surface area contributed by atoms with Crippen molar-refractivity contribution in [1.29, 1.82) is 0 Å². The molecule has 0 atom stereocenters. The highest BCUT2D eigenvalue weighted by Crippen LogP contribution is 2.37. The summed E-state index contributed by atoms with van der Waals surface area (Å²) in [6.07, 6.45) is 1.25. The first-order valence-electron chi connectivity index (χ1n) is 3.90. The third-order valence-electron chi connectivity index (χ3n) is 2.04. The molecular formula is C10H12. The zero-order valence-electron chi connectivity index (χ0n) is 6.52. The van der Waals surface area contributed by atoms with Crippen molar-refractivity contribution in [3.8, 4) is 11.1 Å². The zero-order valence-corrected chi connectivity index (χ0v) is 6.52. The molecule has 0 aliphatic heterocycles. The minimum Gasteiger partial charge on any atom is -0.0625 e. The largest absolute Gasteiger partial charge is 0.0625 e. The first-order valence-corrected chi connectivity index (χ1v) is 3.90. The fourth-order valence-corrected chi connectivity index (χ4v) is 1.48. The van der Waals surface area contributed by atoms with E-state index < -0.39 is 0 Å². The maximum Gasteiger partial charge on any atom is -0.0151 e. The minimum atomic E-state index is 0.800. The molecule has 2 aliphatic rings. The van der Waals surface area contributed by atoms with E-state index in [1.54, 1.807) is 5.56 Å². The highest BCUT2D eigenvalue weighted by Gasteiger charge is 2.16. The summed E-state index contributed by atoms with van der Waals surface area (Å²) in [5.41, 5.74) is 4.55. The van der Waals surface area contributed by atoms with Crippen molar-refractivity contribution in [3.63, 3.8) is 0 Å². The summed E-state index contributed by atoms with van der Waals surface area (Å²) < 4.78 is 0. The average Bonchev–Trinajstić information content (AvgIpc) is 1.80. The van der Waals surface area contributed by atoms with Crippen molar-refractivity contribution in [3.05, 3.63) is 23.8 Å². The van der Waals surface area contributed by atoms with Crippen LogP contribution in [0, 0.1) is 5.92 Å². The molecule has 0 amide bonds. The molecule has 0 N–H and O–H groups in total. The first kappa shape index (κ1) is 5.96. The summed E-state index contributed by atoms with van der Waals surface area (Å²) in [5.74, 6) is 0.800. The van der Waals surface area contributed by atoms with Crippen LogP contribution in [-0.2, 0) is 6.42 Å². The van der Waals surface area contributed by atoms with Gasteiger partial charge >= 0.3 is 0 Å². The molecule has 0 saturated heterocycles. The van der Waals surface area contributed by atoms with Gasteiger partial charge in [0.1, 0.15) is 0 Å². The Morgan fingerprint density at radius 2 is 2.10 bits per heavy atom. The second kappa shape index (κ2) is 1.85. The van der Waals surface area contributed by atoms with Crippen LogP contribution in [0.2, 0.25) is 0 Å². The Morgan fingerprint density at radius 3 is 2.40 bits per heavy atom. The molecule has 0 heteroatoms. The Balaban J connectivity index is 2.12. The SMILES string of the molecule is CC(C)Cc1cc2ccc1-2. The number of hydrogen-bond donors (Lipinski definition) is 0. The molecule has 10 heavy (non-hydrogen) atoms. The second-order valence-corrected chi connectivity index (χ2v) is 3.47. The van der Waals surface area contributed by atoms with Crippen molar-refractivity contribution >= 4 is 0 Å². The van der Waals surface area contributed by atoms with Crippen LogP contribution in [0.15, 0.2) is 18.2 Å². The quantitative estimate of drug-likeness (QED) is 0.589. The van der Waals surface area contributed by atoms with Crippen LogP contribution in [0.4, 0.5) is 0 Å². The summed E-state index contributed by atoms with van der Waals surface area (Å²) in [4.78, 5) is 0. The Hall–Kier alpha value is -0.780. The number of hydrogen-bond acceptors (Lipinski definition) is 0. The van der Waals surface area contributed by atoms with E-state index in [9.17, 15) is 0 Å². The summed E-state index contributed by atoms with van der Waals surface area (Å²) in [6, 6.07) is 6.70. The van der Waals surface area contributed by atoms with Gasteiger partial charge in [-0.15, -0.1) is 0 Å². The number of benzene rings is 1. The Bertz CT molecular complexity index is 259. The van der Waals surface area contributed by atoms with Crippen LogP contribution < -0.4 is 0 Å². The molecule has 0 aromatic rings. The van der Waals surface area contributed by atoms with Crippen molar-refractivity contribution in [1.82, 2.24) is 0 Å². The van der Waals surface area contributed by atoms with Crippen LogP contribution in [0.1, 0.15) is 19.4 Å². The van der Waals surface area contributed by atoms with Crippen molar-refractivity contribution in [2.45, 2.75) is 20.3 Å². The molecule has 2 rings (SSSR count). The van der Waals surface area contributed by atoms with Crippen molar-refractivity contribution in [2.75, 3.05) is 0 Å². The smallest absolute Gasteiger partial charge is 0.0151 e. The average molecular weight is 132 g/mol. The molecule has 0 heterocycles. The van der Waals surface area contributed by atoms with Gasteiger partial charge < -0.3 is 0 Å². The zero-order chi connectivity index (χ0) is 7.14. The van der Waals surface area contributed by atoms with Gasteiger partial charge in [-0.05, 0) is 29.0 Å². The third kappa shape index (κ3) is 0.683. The van der Waals surface area contributed by atoms with E-state index in [-0.39, 0.29) is 0 Å². The maximum absolute atomic E-state index is 2.30. The lowest BCUT2D eigenvalue weighted by Gasteiger charge is -2.22. The number of rotatable bonds is 2. The fraction of sp³-hybridized carbons (Fsp3) is 0.400. The van der Waals surface area contributed by atoms with Gasteiger partial charge in [0.05, 0.1) is 0 Å². The summed E-state index contributed by atoms with van der Waals surface area (Å²) in [5, 5.41) is 0. The highest BCUT2D eigenvalue weighted by molar-refractivity contribution is 5.80. The van der Waals surface area contributed by atoms with E-state index in [4.69, 9.17) is 0 Å². The molecule has 52 valence electrons. The molecule has 0 aromatic carbocycles. The molecular weight excluding hydrogens is 120 g/mol. The van der Waals surface area contributed by atoms with Crippen LogP contribution >= 0.6 is 0 Å². The fourth-order valence-electron chi connectivity index (χ4n) is 1.48. The molecule has 0 saturated carbocycles. The molecule has 0 nitrogen and oxygen atoms in total. The van der Waals surface area contributed by atoms with E-state index in [0.29, 0.717) is 0 Å². The second-order valence-electron chi connectivity index (χ2n) is 3.47. The molecule has 0 spiro atoms. The van der Waals surface area contributed by atoms with Gasteiger partial charge in [0.25, 0.3) is 0 Å². The van der Waals surface area contributed by atoms with Gasteiger partial charge in [0.2, 0.25) is 0 Å². The molecule has 0 radical (unpaired) electrons. The van der Waals surface area contributed by atoms with E-state index in [1.165, 1.54) is 17.5 Å². The predicted molar refractivity (Wildman–Crippen MR) is 44.0 cm³/mol. The third-order valence-corrected chi connectivity index (χ3v) is 2.04. The normalized spacial score (nSPS) is 12.3. The van der Waals surface area contributed by atoms with E-state index in [1.807, 2.05) is 0 Å². The van der Waals surface area contributed by atoms with Crippen molar-refractivity contribution < 1.29 is 0 Å². The van der Waals surface area contributed by atoms with Crippen molar-refractivity contribution in [2.24, 2.45) is 5.92 Å². The molecule has 0 fully saturated rings. The van der Waals surface area contributed by atoms with E-state index >= 15 is 0 Å². The highest BCUT2D eigenvalue weighted by atomic mass is 14.2. The van der Waals surface area contributed by atoms with Gasteiger partial charge in [-0.1, -0.05) is 32.0 Å². The summed E-state index contributed by atoms with van der Waals surface area (Å²) in [6.45, 7) is 4.53. The number of fused-ring (bicyclic) bond motifs is 1. The molecule has 0 unspecified atom stereocenters. The standard InChI is InChI=1S/C10H12/c1-7(2)5-9-6-8-3-4-10(8)9/h3-4,6-7H,5H2,1-2H3. The minimum absolute atomic E-state index is 0.800. The summed E-state index contributed by atoms with van der Waals surface area (Å²) in [7, 11) is 0. The van der Waals surface area contributed by atoms with Crippen LogP contribution in [-0.4, -0.2) is 0 Å². The molecule has 0 aromatic heterocycles. The lowest BCUT2D eigenvalue weighted by atomic mass is 9.83. The van der Waals surface area contributed by atoms with E-state index in [0.717, 1.165) is 5.92 Å². The lowest BCUT2D eigenvalue weighted by Crippen LogP contribution is -2.03. The molecule has 2 aliphatic carbocycles. The maximum atomic E-state index is 2.30. The summed E-state index contributed by atoms with van der Waals surface area (Å²) >= 11 is 0. The lowest BCUT2D eigenvalue weighted by molar-refractivity contribution is 0.645. The van der Waals surface area contributed by atoms with Crippen LogP contribution in [0.25, 0.3) is 11.1 Å². The first-order chi connectivity index (χ1) is 4.77. The monoisotopic (exact) mass is 132 g/mol. The van der Waals surface area contributed by atoms with Gasteiger partial charge in [-0.3, -0.25) is 0 Å². The topological polar surface area (TPSA) is 0 Å². The predicted octanol–water partition coefficient (Wildman–Crippen LogP) is 2.87. The van der Waals surface area contributed by atoms with Gasteiger partial charge in [0.15, 0.2) is 0 Å². The van der Waals surface area contributed by atoms with E-state index in [2.05, 4.69) is 32.0 Å². The molecule has 0 bridgehead atoms. The van der Waals surface area contributed by atoms with Crippen LogP contribution in [0.3, 0.4) is 0 Å². The Morgan fingerprint density at radius 1 is 1.30 bits per heavy atom.